The van der Waals surface area contributed by atoms with E-state index in [2.05, 4.69) is 33.8 Å². The molecule has 3 atom stereocenters. The van der Waals surface area contributed by atoms with E-state index in [4.69, 9.17) is 5.11 Å². The van der Waals surface area contributed by atoms with E-state index in [1.54, 1.807) is 0 Å². The Hall–Kier alpha value is -0.300. The van der Waals surface area contributed by atoms with Gasteiger partial charge < -0.3 is 5.11 Å². The van der Waals surface area contributed by atoms with Gasteiger partial charge in [0.2, 0.25) is 0 Å². The smallest absolute Gasteiger partial charge is 0.0465 e. The lowest BCUT2D eigenvalue weighted by molar-refractivity contribution is 0.169. The molecule has 1 N–H and O–H groups in total. The highest BCUT2D eigenvalue weighted by Crippen LogP contribution is 2.41. The molecule has 94 valence electrons. The summed E-state index contributed by atoms with van der Waals surface area (Å²) < 4.78 is 0. The summed E-state index contributed by atoms with van der Waals surface area (Å²) in [6.45, 7) is 9.63. The third-order valence-electron chi connectivity index (χ3n) is 4.20. The van der Waals surface area contributed by atoms with Crippen LogP contribution in [0.4, 0.5) is 0 Å². The summed E-state index contributed by atoms with van der Waals surface area (Å²) in [6, 6.07) is 0. The molecular weight excluding hydrogens is 196 g/mol. The fourth-order valence-electron chi connectivity index (χ4n) is 3.17. The molecule has 1 heteroatoms. The van der Waals surface area contributed by atoms with Gasteiger partial charge in [-0.1, -0.05) is 38.8 Å². The molecule has 1 rings (SSSR count). The number of hydrogen-bond donors (Lipinski definition) is 1. The van der Waals surface area contributed by atoms with Crippen LogP contribution in [0.5, 0.6) is 0 Å². The summed E-state index contributed by atoms with van der Waals surface area (Å²) in [6.07, 6.45) is 7.19. The van der Waals surface area contributed by atoms with Crippen LogP contribution in [-0.2, 0) is 0 Å². The van der Waals surface area contributed by atoms with Crippen LogP contribution in [0.2, 0.25) is 0 Å². The van der Waals surface area contributed by atoms with Crippen LogP contribution in [0.15, 0.2) is 11.6 Å². The molecule has 16 heavy (non-hydrogen) atoms. The maximum absolute atomic E-state index is 8.90. The lowest BCUT2D eigenvalue weighted by atomic mass is 9.67. The minimum atomic E-state index is 0.284. The quantitative estimate of drug-likeness (QED) is 0.715. The minimum Gasteiger partial charge on any atom is -0.396 e. The van der Waals surface area contributed by atoms with Crippen molar-refractivity contribution < 1.29 is 5.11 Å². The van der Waals surface area contributed by atoms with Crippen LogP contribution < -0.4 is 0 Å². The normalized spacial score (nSPS) is 32.1. The third-order valence-corrected chi connectivity index (χ3v) is 4.20. The first-order valence-corrected chi connectivity index (χ1v) is 6.83. The van der Waals surface area contributed by atoms with Crippen molar-refractivity contribution in [3.05, 3.63) is 11.6 Å². The molecular formula is C15H28O. The summed E-state index contributed by atoms with van der Waals surface area (Å²) in [4.78, 5) is 0. The topological polar surface area (TPSA) is 20.2 Å². The van der Waals surface area contributed by atoms with Gasteiger partial charge in [0.1, 0.15) is 0 Å². The Kier molecular flexibility index (Phi) is 5.54. The number of aliphatic hydroxyl groups is 1. The summed E-state index contributed by atoms with van der Waals surface area (Å²) in [5.41, 5.74) is 1.51. The molecule has 1 aliphatic rings. The van der Waals surface area contributed by atoms with Gasteiger partial charge in [0, 0.05) is 6.61 Å². The standard InChI is InChI=1S/C15H28O/c1-11(2)14-8-7-12(3)10-15(14)13(4)6-5-9-16/h6,11-12,14-16H,5,7-10H2,1-4H3. The molecule has 1 saturated carbocycles. The molecule has 0 bridgehead atoms. The first-order valence-electron chi connectivity index (χ1n) is 6.83. The molecule has 0 aliphatic heterocycles. The molecule has 1 fully saturated rings. The van der Waals surface area contributed by atoms with Gasteiger partial charge >= 0.3 is 0 Å². The van der Waals surface area contributed by atoms with Crippen molar-refractivity contribution in [3.8, 4) is 0 Å². The molecule has 1 nitrogen and oxygen atoms in total. The Labute approximate surface area is 101 Å². The highest BCUT2D eigenvalue weighted by molar-refractivity contribution is 5.07. The van der Waals surface area contributed by atoms with E-state index >= 15 is 0 Å². The van der Waals surface area contributed by atoms with E-state index in [-0.39, 0.29) is 6.61 Å². The second-order valence-electron chi connectivity index (χ2n) is 5.89. The van der Waals surface area contributed by atoms with Gasteiger partial charge in [-0.15, -0.1) is 0 Å². The number of hydrogen-bond acceptors (Lipinski definition) is 1. The SMILES string of the molecule is CC(=CCCO)C1CC(C)CCC1C(C)C. The van der Waals surface area contributed by atoms with Crippen molar-refractivity contribution in [1.29, 1.82) is 0 Å². The van der Waals surface area contributed by atoms with Crippen LogP contribution >= 0.6 is 0 Å². The zero-order valence-electron chi connectivity index (χ0n) is 11.4. The van der Waals surface area contributed by atoms with E-state index in [0.29, 0.717) is 0 Å². The molecule has 0 radical (unpaired) electrons. The number of rotatable bonds is 4. The van der Waals surface area contributed by atoms with Crippen molar-refractivity contribution in [2.24, 2.45) is 23.7 Å². The lowest BCUT2D eigenvalue weighted by Crippen LogP contribution is -2.28. The number of aliphatic hydroxyl groups excluding tert-OH is 1. The lowest BCUT2D eigenvalue weighted by Gasteiger charge is -2.38. The van der Waals surface area contributed by atoms with E-state index in [9.17, 15) is 0 Å². The fourth-order valence-corrected chi connectivity index (χ4v) is 3.17. The molecule has 0 aromatic rings. The zero-order chi connectivity index (χ0) is 12.1. The molecule has 0 spiro atoms. The van der Waals surface area contributed by atoms with Crippen LogP contribution in [0, 0.1) is 23.7 Å². The summed E-state index contributed by atoms with van der Waals surface area (Å²) in [7, 11) is 0. The van der Waals surface area contributed by atoms with Gasteiger partial charge in [0.25, 0.3) is 0 Å². The maximum Gasteiger partial charge on any atom is 0.0465 e. The van der Waals surface area contributed by atoms with E-state index in [1.807, 2.05) is 0 Å². The van der Waals surface area contributed by atoms with Gasteiger partial charge in [0.15, 0.2) is 0 Å². The van der Waals surface area contributed by atoms with Crippen LogP contribution in [0.1, 0.15) is 53.4 Å². The minimum absolute atomic E-state index is 0.284. The Balaban J connectivity index is 2.70. The monoisotopic (exact) mass is 224 g/mol. The van der Waals surface area contributed by atoms with Gasteiger partial charge in [-0.3, -0.25) is 0 Å². The summed E-state index contributed by atoms with van der Waals surface area (Å²) >= 11 is 0. The Morgan fingerprint density at radius 1 is 1.38 bits per heavy atom. The highest BCUT2D eigenvalue weighted by atomic mass is 16.2. The van der Waals surface area contributed by atoms with Gasteiger partial charge in [-0.25, -0.2) is 0 Å². The van der Waals surface area contributed by atoms with Gasteiger partial charge in [-0.05, 0) is 49.9 Å². The highest BCUT2D eigenvalue weighted by Gasteiger charge is 2.31. The van der Waals surface area contributed by atoms with E-state index in [0.717, 1.165) is 30.1 Å². The fraction of sp³-hybridized carbons (Fsp3) is 0.867. The predicted molar refractivity (Wildman–Crippen MR) is 70.3 cm³/mol. The first kappa shape index (κ1) is 13.8. The average Bonchev–Trinajstić information content (AvgIpc) is 2.25. The Bertz CT molecular complexity index is 230. The van der Waals surface area contributed by atoms with E-state index < -0.39 is 0 Å². The molecule has 0 heterocycles. The molecule has 0 saturated heterocycles. The van der Waals surface area contributed by atoms with Gasteiger partial charge in [-0.2, -0.15) is 0 Å². The van der Waals surface area contributed by atoms with Crippen molar-refractivity contribution in [3.63, 3.8) is 0 Å². The maximum atomic E-state index is 8.90. The molecule has 0 aromatic heterocycles. The van der Waals surface area contributed by atoms with Gasteiger partial charge in [0.05, 0.1) is 0 Å². The van der Waals surface area contributed by atoms with Crippen LogP contribution in [0.3, 0.4) is 0 Å². The molecule has 0 amide bonds. The second kappa shape index (κ2) is 6.44. The first-order chi connectivity index (χ1) is 7.56. The summed E-state index contributed by atoms with van der Waals surface area (Å²) in [5, 5.41) is 8.90. The van der Waals surface area contributed by atoms with Crippen LogP contribution in [0.25, 0.3) is 0 Å². The van der Waals surface area contributed by atoms with Crippen molar-refractivity contribution in [2.45, 2.75) is 53.4 Å². The van der Waals surface area contributed by atoms with Crippen molar-refractivity contribution in [2.75, 3.05) is 6.61 Å². The predicted octanol–water partition coefficient (Wildman–Crippen LogP) is 4.02. The zero-order valence-corrected chi connectivity index (χ0v) is 11.4. The second-order valence-corrected chi connectivity index (χ2v) is 5.89. The Morgan fingerprint density at radius 2 is 2.06 bits per heavy atom. The van der Waals surface area contributed by atoms with E-state index in [1.165, 1.54) is 24.8 Å². The Morgan fingerprint density at radius 3 is 2.62 bits per heavy atom. The number of allylic oxidation sites excluding steroid dienone is 1. The average molecular weight is 224 g/mol. The third kappa shape index (κ3) is 3.62. The van der Waals surface area contributed by atoms with Crippen LogP contribution in [-0.4, -0.2) is 11.7 Å². The largest absolute Gasteiger partial charge is 0.396 e. The molecule has 3 unspecified atom stereocenters. The molecule has 0 aromatic carbocycles. The summed E-state index contributed by atoms with van der Waals surface area (Å²) in [5.74, 6) is 3.27. The van der Waals surface area contributed by atoms with Crippen molar-refractivity contribution in [1.82, 2.24) is 0 Å². The van der Waals surface area contributed by atoms with Crippen molar-refractivity contribution >= 4 is 0 Å². The molecule has 1 aliphatic carbocycles.